The predicted octanol–water partition coefficient (Wildman–Crippen LogP) is 2.07. The van der Waals surface area contributed by atoms with Crippen LogP contribution in [0.1, 0.15) is 46.5 Å². The number of carbonyl (C=O) groups excluding carboxylic acids is 2. The summed E-state index contributed by atoms with van der Waals surface area (Å²) in [6.07, 6.45) is 8.21. The van der Waals surface area contributed by atoms with Crippen LogP contribution in [0.2, 0.25) is 0 Å². The van der Waals surface area contributed by atoms with E-state index < -0.39 is 52.3 Å². The number of carbonyl (C=O) groups is 2. The Bertz CT molecular complexity index is 1150. The molecule has 9 atom stereocenters. The first-order chi connectivity index (χ1) is 18.1. The number of hydrogen-bond donors (Lipinski definition) is 2. The Morgan fingerprint density at radius 1 is 1.08 bits per heavy atom. The minimum Gasteiger partial charge on any atom is -0.462 e. The second-order valence-electron chi connectivity index (χ2n) is 11.8. The zero-order valence-corrected chi connectivity index (χ0v) is 22.1. The van der Waals surface area contributed by atoms with E-state index in [4.69, 9.17) is 23.7 Å². The fraction of sp³-hybridized carbons (Fsp3) is 0.655. The first-order valence-corrected chi connectivity index (χ1v) is 13.5. The summed E-state index contributed by atoms with van der Waals surface area (Å²) in [7, 11) is 0. The first kappa shape index (κ1) is 26.0. The SMILES string of the molecule is CC1=C[C@H]2O[C@@H]3C[C@H]4OC(=O)/C=C\C=C/[C@]5([C@H](C)O)OCCC(=CC(=O)OC[C@@]2(CC1)[C@]4(C)[C@]31CO1)C5O. The maximum atomic E-state index is 13.2. The molecule has 0 aromatic rings. The topological polar surface area (TPSA) is 124 Å². The van der Waals surface area contributed by atoms with Gasteiger partial charge in [0.05, 0.1) is 36.9 Å². The van der Waals surface area contributed by atoms with Gasteiger partial charge < -0.3 is 33.9 Å². The number of aliphatic hydroxyl groups is 2. The van der Waals surface area contributed by atoms with Crippen LogP contribution < -0.4 is 0 Å². The molecule has 0 radical (unpaired) electrons. The number of ether oxygens (including phenoxy) is 5. The van der Waals surface area contributed by atoms with Crippen LogP contribution >= 0.6 is 0 Å². The van der Waals surface area contributed by atoms with Crippen LogP contribution in [0.5, 0.6) is 0 Å². The third-order valence-corrected chi connectivity index (χ3v) is 10.1. The zero-order valence-electron chi connectivity index (χ0n) is 22.1. The molecule has 206 valence electrons. The molecule has 2 spiro atoms. The standard InChI is InChI=1S/C29H36O9/c1-17-7-10-27-15-34-24(32)13-19-8-11-35-28(18(2)30,25(19)33)9-5-4-6-23(31)38-20-14-22(37-21(27)12-17)29(16-36-29)26(20,27)3/h4-6,9,12-13,18,20-22,25,30,33H,7-8,10-11,14-16H2,1-3H3/b6-4-,9-5-,19-13?/t18-,20+,21+,22+,25?,26+,27+,28+,29-/m0/s1. The van der Waals surface area contributed by atoms with Crippen molar-refractivity contribution in [2.45, 2.75) is 88.2 Å². The van der Waals surface area contributed by atoms with E-state index in [2.05, 4.69) is 19.9 Å². The molecular formula is C29H36O9. The van der Waals surface area contributed by atoms with Gasteiger partial charge in [0, 0.05) is 24.0 Å². The van der Waals surface area contributed by atoms with Gasteiger partial charge in [-0.25, -0.2) is 9.59 Å². The van der Waals surface area contributed by atoms with E-state index in [0.717, 1.165) is 6.42 Å². The molecule has 6 rings (SSSR count). The van der Waals surface area contributed by atoms with Crippen LogP contribution in [-0.4, -0.2) is 83.7 Å². The zero-order chi connectivity index (χ0) is 26.9. The molecule has 38 heavy (non-hydrogen) atoms. The van der Waals surface area contributed by atoms with Gasteiger partial charge in [0.1, 0.15) is 30.0 Å². The summed E-state index contributed by atoms with van der Waals surface area (Å²) in [5, 5.41) is 21.7. The maximum absolute atomic E-state index is 13.2. The summed E-state index contributed by atoms with van der Waals surface area (Å²) in [6.45, 7) is 6.43. The molecule has 4 aliphatic heterocycles. The van der Waals surface area contributed by atoms with Gasteiger partial charge in [0.15, 0.2) is 0 Å². The van der Waals surface area contributed by atoms with Crippen molar-refractivity contribution in [2.75, 3.05) is 19.8 Å². The Kier molecular flexibility index (Phi) is 6.05. The smallest absolute Gasteiger partial charge is 0.331 e. The van der Waals surface area contributed by atoms with Crippen LogP contribution in [0.4, 0.5) is 0 Å². The number of fused-ring (bicyclic) bond motifs is 2. The van der Waals surface area contributed by atoms with Crippen LogP contribution in [-0.2, 0) is 33.3 Å². The number of cyclic esters (lactones) is 1. The van der Waals surface area contributed by atoms with Gasteiger partial charge in [-0.1, -0.05) is 30.7 Å². The van der Waals surface area contributed by atoms with Gasteiger partial charge in [-0.2, -0.15) is 0 Å². The minimum absolute atomic E-state index is 0.0519. The number of esters is 2. The lowest BCUT2D eigenvalue weighted by molar-refractivity contribution is -0.232. The van der Waals surface area contributed by atoms with Gasteiger partial charge >= 0.3 is 11.9 Å². The molecule has 2 N–H and O–H groups in total. The monoisotopic (exact) mass is 528 g/mol. The highest BCUT2D eigenvalue weighted by Gasteiger charge is 2.83. The lowest BCUT2D eigenvalue weighted by Gasteiger charge is -2.58. The highest BCUT2D eigenvalue weighted by molar-refractivity contribution is 5.83. The Balaban J connectivity index is 1.44. The summed E-state index contributed by atoms with van der Waals surface area (Å²) in [4.78, 5) is 26.2. The number of epoxide rings is 1. The molecule has 6 aliphatic rings. The largest absolute Gasteiger partial charge is 0.462 e. The molecule has 4 heterocycles. The molecule has 4 fully saturated rings. The lowest BCUT2D eigenvalue weighted by Crippen LogP contribution is -2.66. The van der Waals surface area contributed by atoms with E-state index in [9.17, 15) is 19.8 Å². The van der Waals surface area contributed by atoms with E-state index in [1.807, 2.05) is 0 Å². The van der Waals surface area contributed by atoms with E-state index in [1.165, 1.54) is 36.8 Å². The van der Waals surface area contributed by atoms with E-state index in [-0.39, 0.29) is 25.4 Å². The molecule has 3 saturated heterocycles. The highest BCUT2D eigenvalue weighted by atomic mass is 16.6. The molecule has 1 saturated carbocycles. The molecule has 9 nitrogen and oxygen atoms in total. The van der Waals surface area contributed by atoms with Crippen molar-refractivity contribution in [3.63, 3.8) is 0 Å². The molecule has 0 aromatic carbocycles. The summed E-state index contributed by atoms with van der Waals surface area (Å²) in [6, 6.07) is 0. The van der Waals surface area contributed by atoms with Crippen LogP contribution in [0.15, 0.2) is 47.6 Å². The summed E-state index contributed by atoms with van der Waals surface area (Å²) in [5.41, 5.74) is -1.76. The molecule has 1 unspecified atom stereocenters. The molecular weight excluding hydrogens is 492 g/mol. The molecule has 2 aliphatic carbocycles. The maximum Gasteiger partial charge on any atom is 0.331 e. The highest BCUT2D eigenvalue weighted by Crippen LogP contribution is 2.72. The summed E-state index contributed by atoms with van der Waals surface area (Å²) >= 11 is 0. The number of allylic oxidation sites excluding steroid dienone is 3. The van der Waals surface area contributed by atoms with Crippen molar-refractivity contribution in [2.24, 2.45) is 10.8 Å². The number of hydrogen-bond acceptors (Lipinski definition) is 9. The van der Waals surface area contributed by atoms with Crippen molar-refractivity contribution in [1.29, 1.82) is 0 Å². The Hall–Kier alpha value is -2.30. The van der Waals surface area contributed by atoms with Gasteiger partial charge in [-0.05, 0) is 44.8 Å². The molecule has 4 bridgehead atoms. The quantitative estimate of drug-likeness (QED) is 0.299. The third kappa shape index (κ3) is 3.48. The molecule has 0 amide bonds. The average Bonchev–Trinajstić information content (AvgIpc) is 3.65. The van der Waals surface area contributed by atoms with Gasteiger partial charge in [0.2, 0.25) is 0 Å². The van der Waals surface area contributed by atoms with Crippen LogP contribution in [0, 0.1) is 10.8 Å². The van der Waals surface area contributed by atoms with Crippen LogP contribution in [0.25, 0.3) is 0 Å². The van der Waals surface area contributed by atoms with Crippen molar-refractivity contribution in [3.05, 3.63) is 47.6 Å². The second-order valence-corrected chi connectivity index (χ2v) is 11.8. The van der Waals surface area contributed by atoms with Gasteiger partial charge in [0.25, 0.3) is 0 Å². The van der Waals surface area contributed by atoms with Crippen molar-refractivity contribution < 1.29 is 43.5 Å². The Labute approximate surface area is 222 Å². The number of rotatable bonds is 1. The number of aliphatic hydroxyl groups excluding tert-OH is 2. The normalized spacial score (nSPS) is 48.7. The third-order valence-electron chi connectivity index (χ3n) is 10.1. The second kappa shape index (κ2) is 8.86. The van der Waals surface area contributed by atoms with E-state index >= 15 is 0 Å². The fourth-order valence-corrected chi connectivity index (χ4v) is 7.68. The van der Waals surface area contributed by atoms with E-state index in [1.54, 1.807) is 6.08 Å². The van der Waals surface area contributed by atoms with Crippen molar-refractivity contribution in [1.82, 2.24) is 0 Å². The van der Waals surface area contributed by atoms with E-state index in [0.29, 0.717) is 31.4 Å². The predicted molar refractivity (Wildman–Crippen MR) is 134 cm³/mol. The fourth-order valence-electron chi connectivity index (χ4n) is 7.68. The molecule has 9 heteroatoms. The summed E-state index contributed by atoms with van der Waals surface area (Å²) < 4.78 is 30.6. The minimum atomic E-state index is -1.47. The van der Waals surface area contributed by atoms with Crippen LogP contribution in [0.3, 0.4) is 0 Å². The Morgan fingerprint density at radius 3 is 2.61 bits per heavy atom. The van der Waals surface area contributed by atoms with Gasteiger partial charge in [-0.3, -0.25) is 0 Å². The first-order valence-electron chi connectivity index (χ1n) is 13.5. The average molecular weight is 529 g/mol. The molecule has 0 aromatic heterocycles. The lowest BCUT2D eigenvalue weighted by atomic mass is 9.51. The Morgan fingerprint density at radius 2 is 1.87 bits per heavy atom. The van der Waals surface area contributed by atoms with Gasteiger partial charge in [-0.15, -0.1) is 0 Å². The summed E-state index contributed by atoms with van der Waals surface area (Å²) in [5.74, 6) is -1.10. The van der Waals surface area contributed by atoms with Crippen molar-refractivity contribution in [3.8, 4) is 0 Å². The van der Waals surface area contributed by atoms with Crippen molar-refractivity contribution >= 4 is 11.9 Å².